The molecule has 1 N–H and O–H groups in total. The number of carbonyl (C=O) groups is 2. The van der Waals surface area contributed by atoms with Crippen LogP contribution in [0, 0.1) is 5.92 Å². The molecular weight excluding hydrogens is 364 g/mol. The normalized spacial score (nSPS) is 15.4. The zero-order valence-corrected chi connectivity index (χ0v) is 16.3. The molecule has 2 aromatic carbocycles. The third-order valence-corrected chi connectivity index (χ3v) is 4.94. The SMILES string of the molecule is CCc1ccccc1NC(=O)CN(C)C(=O)[C@H]1COc2ccc(Cl)cc2C1. The molecule has 3 rings (SSSR count). The van der Waals surface area contributed by atoms with Crippen LogP contribution in [0.25, 0.3) is 0 Å². The van der Waals surface area contributed by atoms with E-state index in [1.165, 1.54) is 4.90 Å². The summed E-state index contributed by atoms with van der Waals surface area (Å²) in [5, 5.41) is 3.51. The van der Waals surface area contributed by atoms with E-state index < -0.39 is 0 Å². The Morgan fingerprint density at radius 1 is 1.26 bits per heavy atom. The van der Waals surface area contributed by atoms with Gasteiger partial charge in [0.1, 0.15) is 12.4 Å². The molecule has 0 radical (unpaired) electrons. The molecule has 0 unspecified atom stereocenters. The van der Waals surface area contributed by atoms with E-state index in [0.717, 1.165) is 29.0 Å². The third kappa shape index (κ3) is 4.61. The number of aryl methyl sites for hydroxylation is 1. The van der Waals surface area contributed by atoms with Crippen LogP contribution in [0.4, 0.5) is 5.69 Å². The number of hydrogen-bond acceptors (Lipinski definition) is 3. The number of carbonyl (C=O) groups excluding carboxylic acids is 2. The van der Waals surface area contributed by atoms with Crippen molar-refractivity contribution in [1.29, 1.82) is 0 Å². The second-order valence-corrected chi connectivity index (χ2v) is 7.15. The van der Waals surface area contributed by atoms with Gasteiger partial charge >= 0.3 is 0 Å². The van der Waals surface area contributed by atoms with Crippen molar-refractivity contribution in [3.63, 3.8) is 0 Å². The molecule has 5 nitrogen and oxygen atoms in total. The smallest absolute Gasteiger partial charge is 0.243 e. The van der Waals surface area contributed by atoms with Crippen molar-refractivity contribution in [3.05, 3.63) is 58.6 Å². The number of benzene rings is 2. The van der Waals surface area contributed by atoms with Crippen LogP contribution in [0.2, 0.25) is 5.02 Å². The molecule has 1 atom stereocenters. The molecule has 2 aromatic rings. The molecule has 0 fully saturated rings. The Kier molecular flexibility index (Phi) is 6.01. The molecule has 27 heavy (non-hydrogen) atoms. The van der Waals surface area contributed by atoms with Gasteiger partial charge in [-0.05, 0) is 48.2 Å². The van der Waals surface area contributed by atoms with Crippen molar-refractivity contribution in [1.82, 2.24) is 4.90 Å². The summed E-state index contributed by atoms with van der Waals surface area (Å²) in [5.41, 5.74) is 2.77. The first-order chi connectivity index (χ1) is 13.0. The fourth-order valence-corrected chi connectivity index (χ4v) is 3.46. The number of rotatable bonds is 5. The van der Waals surface area contributed by atoms with Crippen LogP contribution in [0.15, 0.2) is 42.5 Å². The minimum atomic E-state index is -0.323. The van der Waals surface area contributed by atoms with Crippen molar-refractivity contribution in [2.75, 3.05) is 25.5 Å². The Morgan fingerprint density at radius 3 is 2.81 bits per heavy atom. The highest BCUT2D eigenvalue weighted by Gasteiger charge is 2.29. The molecule has 0 aliphatic carbocycles. The monoisotopic (exact) mass is 386 g/mol. The molecule has 0 aromatic heterocycles. The van der Waals surface area contributed by atoms with Crippen molar-refractivity contribution in [3.8, 4) is 5.75 Å². The Morgan fingerprint density at radius 2 is 2.04 bits per heavy atom. The van der Waals surface area contributed by atoms with Crippen LogP contribution in [0.1, 0.15) is 18.1 Å². The number of hydrogen-bond donors (Lipinski definition) is 1. The molecule has 0 saturated carbocycles. The predicted molar refractivity (Wildman–Crippen MR) is 106 cm³/mol. The maximum absolute atomic E-state index is 12.7. The summed E-state index contributed by atoms with van der Waals surface area (Å²) in [4.78, 5) is 26.6. The molecule has 6 heteroatoms. The first-order valence-electron chi connectivity index (χ1n) is 9.02. The van der Waals surface area contributed by atoms with E-state index in [0.29, 0.717) is 18.1 Å². The first kappa shape index (κ1) is 19.2. The van der Waals surface area contributed by atoms with Crippen LogP contribution < -0.4 is 10.1 Å². The first-order valence-corrected chi connectivity index (χ1v) is 9.39. The molecule has 1 heterocycles. The molecular formula is C21H23ClN2O3. The number of nitrogens with zero attached hydrogens (tertiary/aromatic N) is 1. The molecule has 2 amide bonds. The standard InChI is InChI=1S/C21H23ClN2O3/c1-3-14-6-4-5-7-18(14)23-20(25)12-24(2)21(26)16-10-15-11-17(22)8-9-19(15)27-13-16/h4-9,11,16H,3,10,12-13H2,1-2H3,(H,23,25)/t16-/m1/s1. The Labute approximate surface area is 164 Å². The van der Waals surface area contributed by atoms with Crippen molar-refractivity contribution in [2.45, 2.75) is 19.8 Å². The Balaban J connectivity index is 1.60. The summed E-state index contributed by atoms with van der Waals surface area (Å²) < 4.78 is 5.69. The van der Waals surface area contributed by atoms with Crippen LogP contribution in [0.5, 0.6) is 5.75 Å². The van der Waals surface area contributed by atoms with Gasteiger partial charge in [-0.15, -0.1) is 0 Å². The summed E-state index contributed by atoms with van der Waals surface area (Å²) in [6, 6.07) is 13.1. The summed E-state index contributed by atoms with van der Waals surface area (Å²) in [7, 11) is 1.64. The van der Waals surface area contributed by atoms with Crippen LogP contribution in [-0.4, -0.2) is 36.9 Å². The van der Waals surface area contributed by atoms with E-state index in [9.17, 15) is 9.59 Å². The Hall–Kier alpha value is -2.53. The third-order valence-electron chi connectivity index (χ3n) is 4.71. The number of amides is 2. The topological polar surface area (TPSA) is 58.6 Å². The van der Waals surface area contributed by atoms with Gasteiger partial charge in [0, 0.05) is 17.8 Å². The molecule has 0 bridgehead atoms. The fraction of sp³-hybridized carbons (Fsp3) is 0.333. The quantitative estimate of drug-likeness (QED) is 0.854. The van der Waals surface area contributed by atoms with E-state index >= 15 is 0 Å². The van der Waals surface area contributed by atoms with Crippen LogP contribution in [-0.2, 0) is 22.4 Å². The summed E-state index contributed by atoms with van der Waals surface area (Å²) in [6.45, 7) is 2.34. The van der Waals surface area contributed by atoms with Gasteiger partial charge in [-0.1, -0.05) is 36.7 Å². The van der Waals surface area contributed by atoms with E-state index in [2.05, 4.69) is 5.32 Å². The minimum Gasteiger partial charge on any atom is -0.492 e. The second-order valence-electron chi connectivity index (χ2n) is 6.72. The van der Waals surface area contributed by atoms with Gasteiger partial charge < -0.3 is 15.0 Å². The number of fused-ring (bicyclic) bond motifs is 1. The molecule has 0 saturated heterocycles. The van der Waals surface area contributed by atoms with Gasteiger partial charge in [0.25, 0.3) is 0 Å². The number of halogens is 1. The highest BCUT2D eigenvalue weighted by molar-refractivity contribution is 6.30. The van der Waals surface area contributed by atoms with Crippen molar-refractivity contribution in [2.24, 2.45) is 5.92 Å². The fourth-order valence-electron chi connectivity index (χ4n) is 3.27. The number of anilines is 1. The molecule has 1 aliphatic heterocycles. The largest absolute Gasteiger partial charge is 0.492 e. The second kappa shape index (κ2) is 8.44. The summed E-state index contributed by atoms with van der Waals surface area (Å²) in [5.74, 6) is 0.114. The maximum atomic E-state index is 12.7. The number of para-hydroxylation sites is 1. The average Bonchev–Trinajstić information content (AvgIpc) is 2.67. The van der Waals surface area contributed by atoms with E-state index in [1.807, 2.05) is 43.3 Å². The molecule has 1 aliphatic rings. The highest BCUT2D eigenvalue weighted by atomic mass is 35.5. The predicted octanol–water partition coefficient (Wildman–Crippen LogP) is 3.55. The van der Waals surface area contributed by atoms with Crippen LogP contribution >= 0.6 is 11.6 Å². The average molecular weight is 387 g/mol. The molecule has 0 spiro atoms. The maximum Gasteiger partial charge on any atom is 0.243 e. The van der Waals surface area contributed by atoms with Crippen molar-refractivity contribution < 1.29 is 14.3 Å². The van der Waals surface area contributed by atoms with E-state index in [4.69, 9.17) is 16.3 Å². The van der Waals surface area contributed by atoms with Gasteiger partial charge in [0.15, 0.2) is 0 Å². The van der Waals surface area contributed by atoms with Crippen molar-refractivity contribution >= 4 is 29.1 Å². The number of ether oxygens (including phenoxy) is 1. The minimum absolute atomic E-state index is 0.00418. The highest BCUT2D eigenvalue weighted by Crippen LogP contribution is 2.30. The lowest BCUT2D eigenvalue weighted by Crippen LogP contribution is -2.42. The number of likely N-dealkylation sites (N-methyl/N-ethyl adjacent to an activating group) is 1. The van der Waals surface area contributed by atoms with Gasteiger partial charge in [0.05, 0.1) is 12.5 Å². The zero-order chi connectivity index (χ0) is 19.4. The number of nitrogens with one attached hydrogen (secondary N) is 1. The summed E-state index contributed by atoms with van der Waals surface area (Å²) >= 11 is 6.03. The van der Waals surface area contributed by atoms with Gasteiger partial charge in [-0.25, -0.2) is 0 Å². The zero-order valence-electron chi connectivity index (χ0n) is 15.5. The summed E-state index contributed by atoms with van der Waals surface area (Å²) in [6.07, 6.45) is 1.38. The van der Waals surface area contributed by atoms with E-state index in [-0.39, 0.29) is 24.3 Å². The molecule has 142 valence electrons. The lowest BCUT2D eigenvalue weighted by molar-refractivity contribution is -0.138. The van der Waals surface area contributed by atoms with Gasteiger partial charge in [-0.3, -0.25) is 9.59 Å². The lowest BCUT2D eigenvalue weighted by Gasteiger charge is -2.28. The van der Waals surface area contributed by atoms with E-state index in [1.54, 1.807) is 13.1 Å². The van der Waals surface area contributed by atoms with Crippen LogP contribution in [0.3, 0.4) is 0 Å². The lowest BCUT2D eigenvalue weighted by atomic mass is 9.95. The van der Waals surface area contributed by atoms with Gasteiger partial charge in [0.2, 0.25) is 11.8 Å². The Bertz CT molecular complexity index is 853. The van der Waals surface area contributed by atoms with Gasteiger partial charge in [-0.2, -0.15) is 0 Å².